The molecule has 0 aromatic heterocycles. The van der Waals surface area contributed by atoms with E-state index in [1.807, 2.05) is 6.92 Å². The summed E-state index contributed by atoms with van der Waals surface area (Å²) in [5.41, 5.74) is -0.216. The molecule has 0 atom stereocenters. The van der Waals surface area contributed by atoms with Crippen molar-refractivity contribution in [3.05, 3.63) is 38.8 Å². The SMILES string of the molecule is CCCCN1C(=O)S/C(=C\c2ccc([O-])c([N+](=O)[O-])c2)C1=O. The Hall–Kier alpha value is -2.35. The van der Waals surface area contributed by atoms with E-state index in [9.17, 15) is 24.8 Å². The molecule has 1 aromatic rings. The summed E-state index contributed by atoms with van der Waals surface area (Å²) in [5, 5.41) is 21.7. The fraction of sp³-hybridized carbons (Fsp3) is 0.286. The van der Waals surface area contributed by atoms with Gasteiger partial charge in [-0.15, -0.1) is 0 Å². The Labute approximate surface area is 130 Å². The van der Waals surface area contributed by atoms with Crippen LogP contribution in [0.25, 0.3) is 6.08 Å². The topological polar surface area (TPSA) is 104 Å². The Kier molecular flexibility index (Phi) is 4.81. The highest BCUT2D eigenvalue weighted by Crippen LogP contribution is 2.33. The molecular weight excluding hydrogens is 308 g/mol. The molecule has 0 unspecified atom stereocenters. The number of rotatable bonds is 5. The molecule has 1 aliphatic rings. The van der Waals surface area contributed by atoms with Crippen LogP contribution in [0.5, 0.6) is 5.75 Å². The molecule has 0 aliphatic carbocycles. The normalized spacial score (nSPS) is 16.6. The molecule has 2 rings (SSSR count). The maximum atomic E-state index is 12.1. The number of nitro benzene ring substituents is 1. The van der Waals surface area contributed by atoms with Crippen LogP contribution in [0.3, 0.4) is 0 Å². The summed E-state index contributed by atoms with van der Waals surface area (Å²) in [7, 11) is 0. The van der Waals surface area contributed by atoms with Gasteiger partial charge < -0.3 is 5.11 Å². The van der Waals surface area contributed by atoms with Crippen LogP contribution in [-0.2, 0) is 4.79 Å². The van der Waals surface area contributed by atoms with Crippen LogP contribution in [0.2, 0.25) is 0 Å². The van der Waals surface area contributed by atoms with E-state index in [0.29, 0.717) is 12.1 Å². The maximum Gasteiger partial charge on any atom is 0.293 e. The van der Waals surface area contributed by atoms with E-state index in [-0.39, 0.29) is 10.1 Å². The van der Waals surface area contributed by atoms with Gasteiger partial charge in [-0.2, -0.15) is 0 Å². The van der Waals surface area contributed by atoms with Gasteiger partial charge in [0.05, 0.1) is 9.83 Å². The molecule has 0 N–H and O–H groups in total. The molecule has 1 fully saturated rings. The number of imide groups is 1. The van der Waals surface area contributed by atoms with Gasteiger partial charge in [-0.3, -0.25) is 24.6 Å². The molecule has 1 saturated heterocycles. The summed E-state index contributed by atoms with van der Waals surface area (Å²) in [4.78, 5) is 35.3. The van der Waals surface area contributed by atoms with Crippen molar-refractivity contribution in [3.8, 4) is 5.75 Å². The average Bonchev–Trinajstić information content (AvgIpc) is 2.73. The van der Waals surface area contributed by atoms with Gasteiger partial charge in [0, 0.05) is 12.6 Å². The zero-order valence-electron chi connectivity index (χ0n) is 11.8. The van der Waals surface area contributed by atoms with Crippen molar-refractivity contribution < 1.29 is 19.6 Å². The van der Waals surface area contributed by atoms with Gasteiger partial charge in [-0.05, 0) is 35.6 Å². The lowest BCUT2D eigenvalue weighted by Crippen LogP contribution is -2.29. The van der Waals surface area contributed by atoms with E-state index in [4.69, 9.17) is 0 Å². The molecule has 0 saturated carbocycles. The monoisotopic (exact) mass is 321 g/mol. The number of thioether (sulfide) groups is 1. The minimum Gasteiger partial charge on any atom is -0.868 e. The zero-order valence-corrected chi connectivity index (χ0v) is 12.6. The van der Waals surface area contributed by atoms with E-state index < -0.39 is 22.3 Å². The minimum atomic E-state index is -0.771. The number of hydrogen-bond acceptors (Lipinski definition) is 6. The quantitative estimate of drug-likeness (QED) is 0.469. The van der Waals surface area contributed by atoms with Gasteiger partial charge in [-0.25, -0.2) is 0 Å². The number of nitrogens with zero attached hydrogens (tertiary/aromatic N) is 2. The fourth-order valence-corrected chi connectivity index (χ4v) is 2.79. The number of carbonyl (C=O) groups is 2. The summed E-state index contributed by atoms with van der Waals surface area (Å²) in [5.74, 6) is -1.10. The molecule has 1 aliphatic heterocycles. The van der Waals surface area contributed by atoms with Crippen molar-refractivity contribution in [2.75, 3.05) is 6.54 Å². The first kappa shape index (κ1) is 16.0. The second-order valence-corrected chi connectivity index (χ2v) is 5.66. The summed E-state index contributed by atoms with van der Waals surface area (Å²) in [6, 6.07) is 3.56. The Morgan fingerprint density at radius 2 is 2.09 bits per heavy atom. The summed E-state index contributed by atoms with van der Waals surface area (Å²) >= 11 is 0.796. The first-order valence-corrected chi connectivity index (χ1v) is 7.46. The zero-order chi connectivity index (χ0) is 16.3. The van der Waals surface area contributed by atoms with Crippen molar-refractivity contribution in [3.63, 3.8) is 0 Å². The number of unbranched alkanes of at least 4 members (excludes halogenated alkanes) is 1. The first-order chi connectivity index (χ1) is 10.4. The molecule has 1 heterocycles. The third-order valence-corrected chi connectivity index (χ3v) is 3.99. The number of hydrogen-bond donors (Lipinski definition) is 0. The van der Waals surface area contributed by atoms with Crippen LogP contribution in [0.4, 0.5) is 10.5 Å². The Bertz CT molecular complexity index is 671. The van der Waals surface area contributed by atoms with Crippen molar-refractivity contribution in [2.45, 2.75) is 19.8 Å². The van der Waals surface area contributed by atoms with Crippen LogP contribution in [0.1, 0.15) is 25.3 Å². The molecule has 0 bridgehead atoms. The molecule has 2 amide bonds. The molecule has 0 spiro atoms. The van der Waals surface area contributed by atoms with Gasteiger partial charge in [0.1, 0.15) is 0 Å². The second kappa shape index (κ2) is 6.61. The van der Waals surface area contributed by atoms with Gasteiger partial charge in [0.15, 0.2) is 0 Å². The van der Waals surface area contributed by atoms with Crippen LogP contribution < -0.4 is 5.11 Å². The number of benzene rings is 1. The standard InChI is InChI=1S/C14H14N2O5S/c1-2-3-6-15-13(18)12(22-14(15)19)8-9-4-5-11(17)10(7-9)16(20)21/h4-5,7-8,17H,2-3,6H2,1H3/p-1/b12-8-. The second-order valence-electron chi connectivity index (χ2n) is 4.67. The molecule has 116 valence electrons. The lowest BCUT2D eigenvalue weighted by Gasteiger charge is -2.10. The Morgan fingerprint density at radius 3 is 2.73 bits per heavy atom. The minimum absolute atomic E-state index is 0.203. The predicted molar refractivity (Wildman–Crippen MR) is 80.1 cm³/mol. The highest BCUT2D eigenvalue weighted by molar-refractivity contribution is 8.18. The van der Waals surface area contributed by atoms with Crippen molar-refractivity contribution in [1.29, 1.82) is 0 Å². The van der Waals surface area contributed by atoms with Crippen molar-refractivity contribution in [1.82, 2.24) is 4.90 Å². The van der Waals surface area contributed by atoms with E-state index in [0.717, 1.165) is 41.6 Å². The molecular formula is C14H13N2O5S-. The summed E-state index contributed by atoms with van der Waals surface area (Å²) in [6.07, 6.45) is 2.98. The third-order valence-electron chi connectivity index (χ3n) is 3.09. The lowest BCUT2D eigenvalue weighted by molar-refractivity contribution is -0.398. The number of carbonyl (C=O) groups excluding carboxylic acids is 2. The molecule has 8 heteroatoms. The van der Waals surface area contributed by atoms with E-state index in [1.54, 1.807) is 0 Å². The van der Waals surface area contributed by atoms with E-state index >= 15 is 0 Å². The van der Waals surface area contributed by atoms with Crippen LogP contribution in [0, 0.1) is 10.1 Å². The average molecular weight is 321 g/mol. The summed E-state index contributed by atoms with van der Waals surface area (Å²) < 4.78 is 0. The van der Waals surface area contributed by atoms with Crippen LogP contribution in [0.15, 0.2) is 23.1 Å². The van der Waals surface area contributed by atoms with E-state index in [1.165, 1.54) is 12.1 Å². The number of amides is 2. The smallest absolute Gasteiger partial charge is 0.293 e. The lowest BCUT2D eigenvalue weighted by atomic mass is 10.1. The van der Waals surface area contributed by atoms with Crippen LogP contribution >= 0.6 is 11.8 Å². The van der Waals surface area contributed by atoms with Gasteiger partial charge in [0.2, 0.25) is 0 Å². The highest BCUT2D eigenvalue weighted by atomic mass is 32.2. The van der Waals surface area contributed by atoms with Crippen LogP contribution in [-0.4, -0.2) is 27.5 Å². The van der Waals surface area contributed by atoms with Gasteiger partial charge in [-0.1, -0.05) is 25.5 Å². The largest absolute Gasteiger partial charge is 0.868 e. The fourth-order valence-electron chi connectivity index (χ4n) is 1.93. The molecule has 22 heavy (non-hydrogen) atoms. The maximum absolute atomic E-state index is 12.1. The highest BCUT2D eigenvalue weighted by Gasteiger charge is 2.34. The van der Waals surface area contributed by atoms with Crippen molar-refractivity contribution in [2.24, 2.45) is 0 Å². The summed E-state index contributed by atoms with van der Waals surface area (Å²) in [6.45, 7) is 2.32. The van der Waals surface area contributed by atoms with Gasteiger partial charge >= 0.3 is 0 Å². The van der Waals surface area contributed by atoms with Gasteiger partial charge in [0.25, 0.3) is 16.8 Å². The predicted octanol–water partition coefficient (Wildman–Crippen LogP) is 2.50. The number of nitro groups is 1. The molecule has 1 aromatic carbocycles. The Balaban J connectivity index is 2.27. The van der Waals surface area contributed by atoms with Crippen molar-refractivity contribution >= 4 is 34.7 Å². The third kappa shape index (κ3) is 3.28. The molecule has 0 radical (unpaired) electrons. The molecule has 7 nitrogen and oxygen atoms in total. The van der Waals surface area contributed by atoms with E-state index in [2.05, 4.69) is 0 Å². The Morgan fingerprint density at radius 1 is 1.36 bits per heavy atom. The first-order valence-electron chi connectivity index (χ1n) is 6.65.